The van der Waals surface area contributed by atoms with Crippen LogP contribution in [0.25, 0.3) is 11.3 Å². The normalized spacial score (nSPS) is 10.7. The Morgan fingerprint density at radius 3 is 2.10 bits per heavy atom. The van der Waals surface area contributed by atoms with Crippen molar-refractivity contribution in [3.63, 3.8) is 0 Å². The molecule has 0 spiro atoms. The van der Waals surface area contributed by atoms with Crippen molar-refractivity contribution in [1.29, 1.82) is 0 Å². The number of benzene rings is 2. The van der Waals surface area contributed by atoms with E-state index in [0.717, 1.165) is 13.0 Å². The highest BCUT2D eigenvalue weighted by atomic mass is 15.0. The van der Waals surface area contributed by atoms with Crippen molar-refractivity contribution < 1.29 is 0 Å². The first kappa shape index (κ1) is 13.7. The smallest absolute Gasteiger partial charge is 0.0485 e. The van der Waals surface area contributed by atoms with Gasteiger partial charge in [0.1, 0.15) is 0 Å². The average Bonchev–Trinajstić information content (AvgIpc) is 2.92. The van der Waals surface area contributed by atoms with Crippen LogP contribution in [-0.2, 0) is 13.0 Å². The van der Waals surface area contributed by atoms with E-state index in [2.05, 4.69) is 84.3 Å². The molecule has 0 N–H and O–H groups in total. The third kappa shape index (κ3) is 3.08. The molecule has 0 bridgehead atoms. The Morgan fingerprint density at radius 2 is 1.43 bits per heavy atom. The van der Waals surface area contributed by atoms with Crippen molar-refractivity contribution in [1.82, 2.24) is 4.57 Å². The summed E-state index contributed by atoms with van der Waals surface area (Å²) >= 11 is 0. The predicted molar refractivity (Wildman–Crippen MR) is 89.4 cm³/mol. The van der Waals surface area contributed by atoms with Gasteiger partial charge in [-0.1, -0.05) is 74.0 Å². The number of aromatic nitrogens is 1. The largest absolute Gasteiger partial charge is 0.340 e. The molecule has 106 valence electrons. The lowest BCUT2D eigenvalue weighted by Crippen LogP contribution is -2.06. The molecule has 0 aliphatic carbocycles. The summed E-state index contributed by atoms with van der Waals surface area (Å²) in [6.45, 7) is 3.18. The number of hydrogen-bond acceptors (Lipinski definition) is 0. The summed E-state index contributed by atoms with van der Waals surface area (Å²) < 4.78 is 2.45. The fourth-order valence-corrected chi connectivity index (χ4v) is 2.80. The van der Waals surface area contributed by atoms with Crippen molar-refractivity contribution in [2.75, 3.05) is 0 Å². The summed E-state index contributed by atoms with van der Waals surface area (Å²) in [5, 5.41) is 0. The van der Waals surface area contributed by atoms with E-state index in [1.807, 2.05) is 0 Å². The highest BCUT2D eigenvalue weighted by molar-refractivity contribution is 5.61. The van der Waals surface area contributed by atoms with E-state index in [-0.39, 0.29) is 0 Å². The quantitative estimate of drug-likeness (QED) is 0.606. The molecule has 0 fully saturated rings. The molecule has 0 atom stereocenters. The van der Waals surface area contributed by atoms with Crippen molar-refractivity contribution >= 4 is 0 Å². The van der Waals surface area contributed by atoms with Gasteiger partial charge in [0.05, 0.1) is 0 Å². The maximum Gasteiger partial charge on any atom is 0.0485 e. The molecule has 0 saturated heterocycles. The molecular formula is C20H21N. The van der Waals surface area contributed by atoms with E-state index in [9.17, 15) is 0 Å². The summed E-state index contributed by atoms with van der Waals surface area (Å²) in [4.78, 5) is 0. The van der Waals surface area contributed by atoms with Gasteiger partial charge in [-0.05, 0) is 29.7 Å². The Kier molecular flexibility index (Phi) is 4.20. The summed E-state index contributed by atoms with van der Waals surface area (Å²) in [5.41, 5.74) is 5.36. The van der Waals surface area contributed by atoms with E-state index < -0.39 is 0 Å². The Labute approximate surface area is 126 Å². The summed E-state index contributed by atoms with van der Waals surface area (Å²) in [5.74, 6) is 0. The third-order valence-electron chi connectivity index (χ3n) is 3.83. The van der Waals surface area contributed by atoms with Gasteiger partial charge in [-0.3, -0.25) is 0 Å². The summed E-state index contributed by atoms with van der Waals surface area (Å²) in [7, 11) is 0. The van der Waals surface area contributed by atoms with Gasteiger partial charge in [-0.15, -0.1) is 0 Å². The molecule has 0 unspecified atom stereocenters. The van der Waals surface area contributed by atoms with Gasteiger partial charge >= 0.3 is 0 Å². The minimum Gasteiger partial charge on any atom is -0.340 e. The van der Waals surface area contributed by atoms with Crippen LogP contribution in [0, 0.1) is 0 Å². The highest BCUT2D eigenvalue weighted by Crippen LogP contribution is 2.24. The van der Waals surface area contributed by atoms with Gasteiger partial charge in [0.15, 0.2) is 0 Å². The molecule has 0 radical (unpaired) electrons. The second-order valence-corrected chi connectivity index (χ2v) is 5.40. The minimum absolute atomic E-state index is 0.938. The molecule has 1 heteroatoms. The van der Waals surface area contributed by atoms with Crippen LogP contribution in [-0.4, -0.2) is 4.57 Å². The second-order valence-electron chi connectivity index (χ2n) is 5.40. The molecule has 1 aromatic heterocycles. The number of aryl methyl sites for hydroxylation is 1. The zero-order chi connectivity index (χ0) is 14.5. The maximum absolute atomic E-state index is 2.45. The maximum atomic E-state index is 2.45. The lowest BCUT2D eigenvalue weighted by atomic mass is 10.1. The molecule has 0 amide bonds. The van der Waals surface area contributed by atoms with E-state index in [4.69, 9.17) is 0 Å². The van der Waals surface area contributed by atoms with Gasteiger partial charge in [0.25, 0.3) is 0 Å². The van der Waals surface area contributed by atoms with Crippen LogP contribution in [0.2, 0.25) is 0 Å². The van der Waals surface area contributed by atoms with E-state index in [1.165, 1.54) is 28.9 Å². The van der Waals surface area contributed by atoms with Crippen LogP contribution in [0.4, 0.5) is 0 Å². The second kappa shape index (κ2) is 6.45. The molecular weight excluding hydrogens is 254 g/mol. The minimum atomic E-state index is 0.938. The van der Waals surface area contributed by atoms with Gasteiger partial charge in [0.2, 0.25) is 0 Å². The molecule has 3 aromatic rings. The van der Waals surface area contributed by atoms with E-state index >= 15 is 0 Å². The summed E-state index contributed by atoms with van der Waals surface area (Å²) in [6.07, 6.45) is 2.30. The standard InChI is InChI=1S/C20H21N/c1-2-9-19-14-15-20(18-12-7-4-8-13-18)21(19)16-17-10-5-3-6-11-17/h3-8,10-15H,2,9,16H2,1H3. The lowest BCUT2D eigenvalue weighted by Gasteiger charge is -2.14. The third-order valence-corrected chi connectivity index (χ3v) is 3.83. The first-order valence-electron chi connectivity index (χ1n) is 7.66. The Bertz CT molecular complexity index is 680. The monoisotopic (exact) mass is 275 g/mol. The van der Waals surface area contributed by atoms with Gasteiger partial charge in [-0.25, -0.2) is 0 Å². The van der Waals surface area contributed by atoms with Crippen LogP contribution in [0.3, 0.4) is 0 Å². The average molecular weight is 275 g/mol. The van der Waals surface area contributed by atoms with Crippen molar-refractivity contribution in [2.24, 2.45) is 0 Å². The number of nitrogens with zero attached hydrogens (tertiary/aromatic N) is 1. The first-order chi connectivity index (χ1) is 10.4. The summed E-state index contributed by atoms with van der Waals surface area (Å²) in [6, 6.07) is 25.9. The Hall–Kier alpha value is -2.28. The zero-order valence-electron chi connectivity index (χ0n) is 12.5. The lowest BCUT2D eigenvalue weighted by molar-refractivity contribution is 0.732. The van der Waals surface area contributed by atoms with Crippen molar-refractivity contribution in [3.05, 3.63) is 84.1 Å². The predicted octanol–water partition coefficient (Wildman–Crippen LogP) is 5.16. The van der Waals surface area contributed by atoms with Crippen LogP contribution in [0.5, 0.6) is 0 Å². The van der Waals surface area contributed by atoms with Gasteiger partial charge < -0.3 is 4.57 Å². The number of rotatable bonds is 5. The van der Waals surface area contributed by atoms with Crippen LogP contribution < -0.4 is 0 Å². The zero-order valence-corrected chi connectivity index (χ0v) is 12.5. The molecule has 1 nitrogen and oxygen atoms in total. The topological polar surface area (TPSA) is 4.93 Å². The highest BCUT2D eigenvalue weighted by Gasteiger charge is 2.09. The molecule has 1 heterocycles. The molecule has 0 aliphatic rings. The molecule has 3 rings (SSSR count). The van der Waals surface area contributed by atoms with Crippen molar-refractivity contribution in [3.8, 4) is 11.3 Å². The first-order valence-corrected chi connectivity index (χ1v) is 7.66. The Morgan fingerprint density at radius 1 is 0.762 bits per heavy atom. The molecule has 2 aromatic carbocycles. The van der Waals surface area contributed by atoms with Crippen LogP contribution in [0.1, 0.15) is 24.6 Å². The van der Waals surface area contributed by atoms with Crippen LogP contribution >= 0.6 is 0 Å². The molecule has 0 saturated carbocycles. The van der Waals surface area contributed by atoms with Gasteiger partial charge in [-0.2, -0.15) is 0 Å². The van der Waals surface area contributed by atoms with Gasteiger partial charge in [0, 0.05) is 17.9 Å². The Balaban J connectivity index is 2.01. The number of hydrogen-bond donors (Lipinski definition) is 0. The molecule has 0 aliphatic heterocycles. The van der Waals surface area contributed by atoms with Crippen molar-refractivity contribution in [2.45, 2.75) is 26.3 Å². The fourth-order valence-electron chi connectivity index (χ4n) is 2.80. The SMILES string of the molecule is CCCc1ccc(-c2ccccc2)n1Cc1ccccc1. The molecule has 21 heavy (non-hydrogen) atoms. The van der Waals surface area contributed by atoms with Crippen LogP contribution in [0.15, 0.2) is 72.8 Å². The van der Waals surface area contributed by atoms with E-state index in [1.54, 1.807) is 0 Å². The van der Waals surface area contributed by atoms with E-state index in [0.29, 0.717) is 0 Å². The fraction of sp³-hybridized carbons (Fsp3) is 0.200.